The molecule has 0 unspecified atom stereocenters. The Kier molecular flexibility index (Phi) is 4.86. The normalized spacial score (nSPS) is 25.3. The van der Waals surface area contributed by atoms with Crippen molar-refractivity contribution in [1.82, 2.24) is 9.88 Å². The highest BCUT2D eigenvalue weighted by molar-refractivity contribution is 7.08. The molecule has 1 saturated heterocycles. The quantitative estimate of drug-likeness (QED) is 0.795. The number of aromatic nitrogens is 1. The number of carbonyl (C=O) groups excluding carboxylic acids is 1. The van der Waals surface area contributed by atoms with E-state index in [2.05, 4.69) is 15.3 Å². The zero-order chi connectivity index (χ0) is 17.1. The third-order valence-electron chi connectivity index (χ3n) is 5.69. The molecule has 5 heteroatoms. The molecule has 25 heavy (non-hydrogen) atoms. The van der Waals surface area contributed by atoms with Crippen molar-refractivity contribution in [3.8, 4) is 0 Å². The van der Waals surface area contributed by atoms with E-state index in [0.29, 0.717) is 18.9 Å². The van der Waals surface area contributed by atoms with Crippen molar-refractivity contribution in [2.75, 3.05) is 19.7 Å². The maximum Gasteiger partial charge on any atom is 0.227 e. The van der Waals surface area contributed by atoms with Crippen LogP contribution in [0.4, 0.5) is 0 Å². The minimum Gasteiger partial charge on any atom is -0.375 e. The van der Waals surface area contributed by atoms with Crippen LogP contribution in [0.5, 0.6) is 0 Å². The molecule has 2 atom stereocenters. The lowest BCUT2D eigenvalue weighted by Crippen LogP contribution is -2.35. The van der Waals surface area contributed by atoms with Gasteiger partial charge < -0.3 is 9.64 Å². The van der Waals surface area contributed by atoms with Crippen LogP contribution in [-0.2, 0) is 22.6 Å². The second-order valence-corrected chi connectivity index (χ2v) is 8.13. The fraction of sp³-hybridized carbons (Fsp3) is 0.500. The maximum atomic E-state index is 12.7. The van der Waals surface area contributed by atoms with Gasteiger partial charge in [-0.2, -0.15) is 11.3 Å². The van der Waals surface area contributed by atoms with E-state index >= 15 is 0 Å². The summed E-state index contributed by atoms with van der Waals surface area (Å²) in [5.74, 6) is 0.847. The Morgan fingerprint density at radius 2 is 2.36 bits per heavy atom. The maximum absolute atomic E-state index is 12.7. The second-order valence-electron chi connectivity index (χ2n) is 7.35. The number of nitrogens with zero attached hydrogens (tertiary/aromatic N) is 2. The highest BCUT2D eigenvalue weighted by atomic mass is 32.1. The van der Waals surface area contributed by atoms with Crippen molar-refractivity contribution in [3.63, 3.8) is 0 Å². The molecule has 0 radical (unpaired) electrons. The first-order chi connectivity index (χ1) is 12.3. The number of thiophene rings is 1. The number of amides is 1. The number of carbonyl (C=O) groups is 1. The number of hydrogen-bond donors (Lipinski definition) is 0. The monoisotopic (exact) mass is 356 g/mol. The van der Waals surface area contributed by atoms with Crippen LogP contribution in [0.1, 0.15) is 30.5 Å². The molecule has 0 N–H and O–H groups in total. The first-order valence-corrected chi connectivity index (χ1v) is 9.96. The van der Waals surface area contributed by atoms with Crippen LogP contribution < -0.4 is 0 Å². The predicted octanol–water partition coefficient (Wildman–Crippen LogP) is 3.53. The summed E-state index contributed by atoms with van der Waals surface area (Å²) in [6.07, 6.45) is 5.97. The van der Waals surface area contributed by atoms with Crippen LogP contribution in [0.25, 0.3) is 0 Å². The van der Waals surface area contributed by atoms with E-state index in [1.54, 1.807) is 17.5 Å². The van der Waals surface area contributed by atoms with E-state index in [-0.39, 0.29) is 11.3 Å². The topological polar surface area (TPSA) is 42.4 Å². The first kappa shape index (κ1) is 16.7. The summed E-state index contributed by atoms with van der Waals surface area (Å²) in [5, 5.41) is 4.11. The number of hydrogen-bond acceptors (Lipinski definition) is 4. The molecular weight excluding hydrogens is 332 g/mol. The third kappa shape index (κ3) is 3.62. The minimum atomic E-state index is 0.152. The van der Waals surface area contributed by atoms with Crippen LogP contribution >= 0.6 is 11.3 Å². The second kappa shape index (κ2) is 7.26. The van der Waals surface area contributed by atoms with Crippen molar-refractivity contribution in [3.05, 3.63) is 52.5 Å². The SMILES string of the molecule is O=C(Cc1ccsc1)N1C[C@H]2CCC[C@@]2(COCc2ccccn2)C1. The van der Waals surface area contributed by atoms with Gasteiger partial charge in [-0.15, -0.1) is 0 Å². The van der Waals surface area contributed by atoms with E-state index in [1.165, 1.54) is 19.3 Å². The van der Waals surface area contributed by atoms with Gasteiger partial charge in [-0.3, -0.25) is 9.78 Å². The van der Waals surface area contributed by atoms with Crippen LogP contribution in [0, 0.1) is 11.3 Å². The minimum absolute atomic E-state index is 0.152. The van der Waals surface area contributed by atoms with Crippen molar-refractivity contribution in [1.29, 1.82) is 0 Å². The largest absolute Gasteiger partial charge is 0.375 e. The molecule has 0 spiro atoms. The molecule has 0 aromatic carbocycles. The van der Waals surface area contributed by atoms with Gasteiger partial charge in [0.25, 0.3) is 0 Å². The zero-order valence-electron chi connectivity index (χ0n) is 14.4. The number of pyridine rings is 1. The Hall–Kier alpha value is -1.72. The van der Waals surface area contributed by atoms with Crippen LogP contribution in [0.3, 0.4) is 0 Å². The summed E-state index contributed by atoms with van der Waals surface area (Å²) in [6.45, 7) is 3.04. The van der Waals surface area contributed by atoms with Gasteiger partial charge in [0.15, 0.2) is 0 Å². The Balaban J connectivity index is 1.36. The Labute approximate surface area is 152 Å². The lowest BCUT2D eigenvalue weighted by atomic mass is 9.81. The van der Waals surface area contributed by atoms with Crippen molar-refractivity contribution >= 4 is 17.2 Å². The highest BCUT2D eigenvalue weighted by Crippen LogP contribution is 2.49. The van der Waals surface area contributed by atoms with Gasteiger partial charge >= 0.3 is 0 Å². The van der Waals surface area contributed by atoms with Gasteiger partial charge in [0.1, 0.15) is 0 Å². The molecule has 2 aromatic heterocycles. The van der Waals surface area contributed by atoms with Gasteiger partial charge in [0.2, 0.25) is 5.91 Å². The smallest absolute Gasteiger partial charge is 0.227 e. The molecule has 4 nitrogen and oxygen atoms in total. The number of rotatable bonds is 6. The molecule has 1 saturated carbocycles. The molecule has 1 amide bonds. The summed E-state index contributed by atoms with van der Waals surface area (Å²) in [6, 6.07) is 7.95. The van der Waals surface area contributed by atoms with Gasteiger partial charge in [-0.25, -0.2) is 0 Å². The number of ether oxygens (including phenoxy) is 1. The van der Waals surface area contributed by atoms with Crippen LogP contribution in [-0.4, -0.2) is 35.5 Å². The van der Waals surface area contributed by atoms with Crippen LogP contribution in [0.15, 0.2) is 41.2 Å². The molecule has 2 aromatic rings. The summed E-state index contributed by atoms with van der Waals surface area (Å²) >= 11 is 1.65. The molecule has 3 heterocycles. The van der Waals surface area contributed by atoms with Crippen molar-refractivity contribution in [2.24, 2.45) is 11.3 Å². The molecule has 4 rings (SSSR count). The average Bonchev–Trinajstić information content (AvgIpc) is 3.31. The fourth-order valence-corrected chi connectivity index (χ4v) is 5.03. The third-order valence-corrected chi connectivity index (χ3v) is 6.43. The van der Waals surface area contributed by atoms with E-state index in [1.807, 2.05) is 29.6 Å². The van der Waals surface area contributed by atoms with E-state index < -0.39 is 0 Å². The first-order valence-electron chi connectivity index (χ1n) is 9.02. The van der Waals surface area contributed by atoms with Gasteiger partial charge in [-0.1, -0.05) is 12.5 Å². The molecular formula is C20H24N2O2S. The lowest BCUT2D eigenvalue weighted by molar-refractivity contribution is -0.130. The van der Waals surface area contributed by atoms with Gasteiger partial charge in [0.05, 0.1) is 25.3 Å². The number of likely N-dealkylation sites (tertiary alicyclic amines) is 1. The van der Waals surface area contributed by atoms with Crippen molar-refractivity contribution in [2.45, 2.75) is 32.3 Å². The summed E-state index contributed by atoms with van der Waals surface area (Å²) < 4.78 is 6.04. The Morgan fingerprint density at radius 3 is 3.16 bits per heavy atom. The van der Waals surface area contributed by atoms with E-state index in [4.69, 9.17) is 4.74 Å². The van der Waals surface area contributed by atoms with Crippen molar-refractivity contribution < 1.29 is 9.53 Å². The standard InChI is InChI=1S/C20H24N2O2S/c23-19(10-16-6-9-25-13-16)22-11-17-4-3-7-20(17,14-22)15-24-12-18-5-1-2-8-21-18/h1-2,5-6,8-9,13,17H,3-4,7,10-12,14-15H2/t17-,20+/m1/s1. The molecule has 2 aliphatic rings. The van der Waals surface area contributed by atoms with Crippen LogP contribution in [0.2, 0.25) is 0 Å². The Bertz CT molecular complexity index is 704. The van der Waals surface area contributed by atoms with E-state index in [0.717, 1.165) is 31.0 Å². The number of fused-ring (bicyclic) bond motifs is 1. The summed E-state index contributed by atoms with van der Waals surface area (Å²) in [5.41, 5.74) is 2.25. The molecule has 1 aliphatic heterocycles. The van der Waals surface area contributed by atoms with E-state index in [9.17, 15) is 4.79 Å². The highest BCUT2D eigenvalue weighted by Gasteiger charge is 2.50. The zero-order valence-corrected chi connectivity index (χ0v) is 15.2. The Morgan fingerprint density at radius 1 is 1.40 bits per heavy atom. The predicted molar refractivity (Wildman–Crippen MR) is 98.3 cm³/mol. The molecule has 1 aliphatic carbocycles. The molecule has 2 fully saturated rings. The van der Waals surface area contributed by atoms with Gasteiger partial charge in [-0.05, 0) is 53.3 Å². The molecule has 0 bridgehead atoms. The lowest BCUT2D eigenvalue weighted by Gasteiger charge is -2.28. The summed E-state index contributed by atoms with van der Waals surface area (Å²) in [7, 11) is 0. The van der Waals surface area contributed by atoms with Gasteiger partial charge in [0, 0.05) is 24.7 Å². The fourth-order valence-electron chi connectivity index (χ4n) is 4.36. The average molecular weight is 356 g/mol. The molecule has 132 valence electrons. The summed E-state index contributed by atoms with van der Waals surface area (Å²) in [4.78, 5) is 19.1.